The molecular weight excluding hydrogens is 366 g/mol. The Morgan fingerprint density at radius 2 is 1.96 bits per heavy atom. The Bertz CT molecular complexity index is 977. The van der Waals surface area contributed by atoms with Crippen molar-refractivity contribution < 1.29 is 14.7 Å². The zero-order valence-corrected chi connectivity index (χ0v) is 15.8. The summed E-state index contributed by atoms with van der Waals surface area (Å²) in [5.74, 6) is -0.652. The molecule has 132 valence electrons. The second-order valence-corrected chi connectivity index (χ2v) is 8.68. The maximum absolute atomic E-state index is 13.1. The molecule has 0 saturated heterocycles. The molecule has 0 saturated carbocycles. The molecule has 1 aromatic carbocycles. The number of hydrogen-bond acceptors (Lipinski definition) is 5. The van der Waals surface area contributed by atoms with Gasteiger partial charge in [-0.15, -0.1) is 22.7 Å². The van der Waals surface area contributed by atoms with E-state index in [1.165, 1.54) is 11.3 Å². The summed E-state index contributed by atoms with van der Waals surface area (Å²) in [5.41, 5.74) is -0.644. The van der Waals surface area contributed by atoms with Gasteiger partial charge in [-0.25, -0.2) is 0 Å². The monoisotopic (exact) mass is 383 g/mol. The summed E-state index contributed by atoms with van der Waals surface area (Å²) in [6, 6.07) is 14.7. The van der Waals surface area contributed by atoms with Crippen molar-refractivity contribution in [2.45, 2.75) is 25.5 Å². The molecule has 26 heavy (non-hydrogen) atoms. The van der Waals surface area contributed by atoms with E-state index in [0.717, 1.165) is 9.75 Å². The fourth-order valence-electron chi connectivity index (χ4n) is 3.30. The summed E-state index contributed by atoms with van der Waals surface area (Å²) in [6.07, 6.45) is -0.246. The second kappa shape index (κ2) is 6.46. The number of rotatable bonds is 5. The smallest absolute Gasteiger partial charge is 0.264 e. The van der Waals surface area contributed by atoms with Crippen molar-refractivity contribution in [2.24, 2.45) is 0 Å². The highest BCUT2D eigenvalue weighted by Crippen LogP contribution is 2.44. The number of fused-ring (bicyclic) bond motifs is 1. The number of hydrogen-bond donors (Lipinski definition) is 1. The maximum atomic E-state index is 13.1. The topological polar surface area (TPSA) is 57.6 Å². The molecule has 1 aliphatic rings. The molecule has 0 spiro atoms. The lowest BCUT2D eigenvalue weighted by atomic mass is 9.89. The molecule has 3 heterocycles. The van der Waals surface area contributed by atoms with Gasteiger partial charge in [-0.05, 0) is 36.6 Å². The molecule has 1 aliphatic heterocycles. The Morgan fingerprint density at radius 3 is 2.65 bits per heavy atom. The third-order valence-corrected chi connectivity index (χ3v) is 6.47. The van der Waals surface area contributed by atoms with Crippen LogP contribution in [0.4, 0.5) is 5.69 Å². The van der Waals surface area contributed by atoms with E-state index in [9.17, 15) is 14.7 Å². The SMILES string of the molecule is Cc1ccc(C(=O)C[C@]2(O)C(=O)N(Cc3cccs3)c3ccccc32)s1. The van der Waals surface area contributed by atoms with Crippen molar-refractivity contribution in [1.82, 2.24) is 0 Å². The van der Waals surface area contributed by atoms with E-state index in [-0.39, 0.29) is 12.2 Å². The zero-order valence-electron chi connectivity index (χ0n) is 14.1. The van der Waals surface area contributed by atoms with Gasteiger partial charge < -0.3 is 10.0 Å². The van der Waals surface area contributed by atoms with Gasteiger partial charge in [-0.2, -0.15) is 0 Å². The largest absolute Gasteiger partial charge is 0.375 e. The maximum Gasteiger partial charge on any atom is 0.264 e. The minimum atomic E-state index is -1.82. The lowest BCUT2D eigenvalue weighted by Gasteiger charge is -2.22. The Balaban J connectivity index is 1.69. The van der Waals surface area contributed by atoms with Gasteiger partial charge in [0.1, 0.15) is 0 Å². The third kappa shape index (κ3) is 2.80. The van der Waals surface area contributed by atoms with E-state index >= 15 is 0 Å². The van der Waals surface area contributed by atoms with Crippen molar-refractivity contribution >= 4 is 40.1 Å². The van der Waals surface area contributed by atoms with Crippen LogP contribution in [0.25, 0.3) is 0 Å². The summed E-state index contributed by atoms with van der Waals surface area (Å²) in [7, 11) is 0. The number of aliphatic hydroxyl groups is 1. The molecule has 1 amide bonds. The van der Waals surface area contributed by atoms with Crippen LogP contribution < -0.4 is 4.90 Å². The molecular formula is C20H17NO3S2. The van der Waals surface area contributed by atoms with Gasteiger partial charge in [0.2, 0.25) is 0 Å². The lowest BCUT2D eigenvalue weighted by Crippen LogP contribution is -2.41. The number of aryl methyl sites for hydroxylation is 1. The fraction of sp³-hybridized carbons (Fsp3) is 0.200. The van der Waals surface area contributed by atoms with E-state index in [0.29, 0.717) is 22.7 Å². The molecule has 0 bridgehead atoms. The Kier molecular flexibility index (Phi) is 4.26. The van der Waals surface area contributed by atoms with Crippen LogP contribution in [0.15, 0.2) is 53.9 Å². The van der Waals surface area contributed by atoms with Crippen molar-refractivity contribution in [3.63, 3.8) is 0 Å². The first-order chi connectivity index (χ1) is 12.5. The van der Waals surface area contributed by atoms with Crippen molar-refractivity contribution in [3.05, 3.63) is 74.1 Å². The van der Waals surface area contributed by atoms with Gasteiger partial charge in [0.25, 0.3) is 5.91 Å². The van der Waals surface area contributed by atoms with Crippen LogP contribution in [0.2, 0.25) is 0 Å². The first kappa shape index (κ1) is 17.1. The van der Waals surface area contributed by atoms with E-state index in [2.05, 4.69) is 0 Å². The number of thiophene rings is 2. The molecule has 1 atom stereocenters. The van der Waals surface area contributed by atoms with Gasteiger partial charge in [-0.1, -0.05) is 24.3 Å². The Hall–Kier alpha value is -2.28. The van der Waals surface area contributed by atoms with Crippen LogP contribution >= 0.6 is 22.7 Å². The zero-order chi connectivity index (χ0) is 18.3. The van der Waals surface area contributed by atoms with Gasteiger partial charge in [0.05, 0.1) is 23.5 Å². The molecule has 0 radical (unpaired) electrons. The van der Waals surface area contributed by atoms with Crippen LogP contribution in [-0.2, 0) is 16.9 Å². The summed E-state index contributed by atoms with van der Waals surface area (Å²) in [5, 5.41) is 13.2. The minimum absolute atomic E-state index is 0.216. The van der Waals surface area contributed by atoms with Crippen molar-refractivity contribution in [1.29, 1.82) is 0 Å². The van der Waals surface area contributed by atoms with Gasteiger partial charge in [0.15, 0.2) is 11.4 Å². The Morgan fingerprint density at radius 1 is 1.15 bits per heavy atom. The van der Waals surface area contributed by atoms with E-state index in [1.807, 2.05) is 42.6 Å². The molecule has 1 N–H and O–H groups in total. The molecule has 2 aromatic heterocycles. The van der Waals surface area contributed by atoms with Crippen LogP contribution in [0.3, 0.4) is 0 Å². The average molecular weight is 383 g/mol. The molecule has 0 aliphatic carbocycles. The summed E-state index contributed by atoms with van der Waals surface area (Å²) < 4.78 is 0. The standard InChI is InChI=1S/C20H17NO3S2/c1-13-8-9-18(26-13)17(22)11-20(24)15-6-2-3-7-16(15)21(19(20)23)12-14-5-4-10-25-14/h2-10,24H,11-12H2,1H3/t20-/m1/s1. The quantitative estimate of drug-likeness (QED) is 0.674. The first-order valence-corrected chi connectivity index (χ1v) is 9.94. The van der Waals surface area contributed by atoms with Crippen LogP contribution in [0, 0.1) is 6.92 Å². The van der Waals surface area contributed by atoms with Crippen LogP contribution in [0.1, 0.15) is 31.4 Å². The number of carbonyl (C=O) groups excluding carboxylic acids is 2. The van der Waals surface area contributed by atoms with Crippen LogP contribution in [0.5, 0.6) is 0 Å². The number of anilines is 1. The van der Waals surface area contributed by atoms with Crippen LogP contribution in [-0.4, -0.2) is 16.8 Å². The molecule has 0 unspecified atom stereocenters. The van der Waals surface area contributed by atoms with Gasteiger partial charge in [0, 0.05) is 15.3 Å². The third-order valence-electron chi connectivity index (χ3n) is 4.56. The number of para-hydroxylation sites is 1. The molecule has 4 rings (SSSR count). The predicted octanol–water partition coefficient (Wildman–Crippen LogP) is 4.13. The fourth-order valence-corrected chi connectivity index (χ4v) is 4.79. The number of carbonyl (C=O) groups is 2. The van der Waals surface area contributed by atoms with Gasteiger partial charge in [-0.3, -0.25) is 9.59 Å². The number of nitrogens with zero attached hydrogens (tertiary/aromatic N) is 1. The van der Waals surface area contributed by atoms with Crippen molar-refractivity contribution in [2.75, 3.05) is 4.90 Å². The molecule has 6 heteroatoms. The normalized spacial score (nSPS) is 19.0. The first-order valence-electron chi connectivity index (χ1n) is 8.25. The highest BCUT2D eigenvalue weighted by Gasteiger charge is 2.50. The molecule has 0 fully saturated rings. The highest BCUT2D eigenvalue weighted by atomic mass is 32.1. The number of benzene rings is 1. The Labute approximate surface area is 159 Å². The second-order valence-electron chi connectivity index (χ2n) is 6.36. The number of ketones is 1. The predicted molar refractivity (Wildman–Crippen MR) is 104 cm³/mol. The average Bonchev–Trinajstić information content (AvgIpc) is 3.33. The molecule has 3 aromatic rings. The molecule has 4 nitrogen and oxygen atoms in total. The number of Topliss-reactive ketones (excluding diaryl/α,β-unsaturated/α-hetero) is 1. The van der Waals surface area contributed by atoms with Gasteiger partial charge >= 0.3 is 0 Å². The van der Waals surface area contributed by atoms with E-state index < -0.39 is 11.5 Å². The summed E-state index contributed by atoms with van der Waals surface area (Å²) in [4.78, 5) is 30.0. The summed E-state index contributed by atoms with van der Waals surface area (Å²) in [6.45, 7) is 2.32. The highest BCUT2D eigenvalue weighted by molar-refractivity contribution is 7.14. The van der Waals surface area contributed by atoms with E-state index in [4.69, 9.17) is 0 Å². The van der Waals surface area contributed by atoms with Crippen molar-refractivity contribution in [3.8, 4) is 0 Å². The van der Waals surface area contributed by atoms with E-state index in [1.54, 1.807) is 34.4 Å². The number of amides is 1. The minimum Gasteiger partial charge on any atom is -0.375 e. The lowest BCUT2D eigenvalue weighted by molar-refractivity contribution is -0.136. The summed E-state index contributed by atoms with van der Waals surface area (Å²) >= 11 is 2.94.